The van der Waals surface area contributed by atoms with Gasteiger partial charge in [0.05, 0.1) is 11.8 Å². The Kier molecular flexibility index (Phi) is 4.49. The predicted octanol–water partition coefficient (Wildman–Crippen LogP) is -2.29. The molecule has 1 aliphatic rings. The summed E-state index contributed by atoms with van der Waals surface area (Å²) in [6.07, 6.45) is 1.15. The lowest BCUT2D eigenvalue weighted by Crippen LogP contribution is -2.56. The molecule has 0 radical (unpaired) electrons. The van der Waals surface area contributed by atoms with Gasteiger partial charge in [-0.05, 0) is 0 Å². The van der Waals surface area contributed by atoms with Gasteiger partial charge in [-0.15, -0.1) is 0 Å². The maximum atomic E-state index is 11.5. The number of carbonyl (C=O) groups excluding carboxylic acids is 1. The summed E-state index contributed by atoms with van der Waals surface area (Å²) in [4.78, 5) is 11.5. The second-order valence-corrected chi connectivity index (χ2v) is 5.89. The topological polar surface area (TPSA) is 87.3 Å². The van der Waals surface area contributed by atoms with E-state index in [9.17, 15) is 13.2 Å². The number of hydrogen-bond donors (Lipinski definition) is 3. The lowest BCUT2D eigenvalue weighted by atomic mass is 10.2. The monoisotopic (exact) mass is 235 g/mol. The third-order valence-corrected chi connectivity index (χ3v) is 3.08. The first-order valence-corrected chi connectivity index (χ1v) is 6.94. The van der Waals surface area contributed by atoms with E-state index in [0.717, 1.165) is 19.3 Å². The molecule has 1 saturated heterocycles. The van der Waals surface area contributed by atoms with E-state index in [1.807, 2.05) is 0 Å². The zero-order valence-corrected chi connectivity index (χ0v) is 9.56. The van der Waals surface area contributed by atoms with Gasteiger partial charge in [-0.3, -0.25) is 4.79 Å². The van der Waals surface area contributed by atoms with Crippen LogP contribution in [-0.2, 0) is 14.6 Å². The summed E-state index contributed by atoms with van der Waals surface area (Å²) < 4.78 is 21.6. The second kappa shape index (κ2) is 5.43. The predicted molar refractivity (Wildman–Crippen MR) is 57.4 cm³/mol. The van der Waals surface area contributed by atoms with Crippen LogP contribution in [0, 0.1) is 0 Å². The van der Waals surface area contributed by atoms with E-state index in [-0.39, 0.29) is 24.2 Å². The molecule has 7 heteroatoms. The van der Waals surface area contributed by atoms with Crippen LogP contribution in [0.25, 0.3) is 0 Å². The Balaban J connectivity index is 2.23. The summed E-state index contributed by atoms with van der Waals surface area (Å²) in [6, 6.07) is -0.252. The molecule has 15 heavy (non-hydrogen) atoms. The second-order valence-electron chi connectivity index (χ2n) is 3.63. The summed E-state index contributed by atoms with van der Waals surface area (Å²) in [5.41, 5.74) is 0. The van der Waals surface area contributed by atoms with Gasteiger partial charge in [-0.25, -0.2) is 8.42 Å². The molecule has 0 aromatic rings. The van der Waals surface area contributed by atoms with Crippen LogP contribution >= 0.6 is 0 Å². The number of rotatable bonds is 4. The third-order valence-electron chi connectivity index (χ3n) is 2.13. The Morgan fingerprint density at radius 2 is 2.20 bits per heavy atom. The van der Waals surface area contributed by atoms with Crippen LogP contribution in [0.3, 0.4) is 0 Å². The minimum absolute atomic E-state index is 0.0150. The lowest BCUT2D eigenvalue weighted by Gasteiger charge is -2.23. The van der Waals surface area contributed by atoms with Gasteiger partial charge < -0.3 is 16.0 Å². The average molecular weight is 235 g/mol. The van der Waals surface area contributed by atoms with E-state index in [0.29, 0.717) is 6.54 Å². The summed E-state index contributed by atoms with van der Waals surface area (Å²) in [6.45, 7) is 2.37. The molecule has 1 heterocycles. The highest BCUT2D eigenvalue weighted by Crippen LogP contribution is 1.87. The lowest BCUT2D eigenvalue weighted by molar-refractivity contribution is -0.123. The van der Waals surface area contributed by atoms with Crippen LogP contribution in [0.15, 0.2) is 0 Å². The van der Waals surface area contributed by atoms with Crippen LogP contribution in [0.2, 0.25) is 0 Å². The maximum Gasteiger partial charge on any atom is 0.238 e. The number of sulfone groups is 1. The van der Waals surface area contributed by atoms with Crippen molar-refractivity contribution in [3.8, 4) is 0 Å². The molecule has 1 aliphatic heterocycles. The standard InChI is InChI=1S/C8H17N3O3S/c1-15(13,14)5-4-11-8(12)7-6-9-2-3-10-7/h7,9-10H,2-6H2,1H3,(H,11,12). The molecule has 1 atom stereocenters. The van der Waals surface area contributed by atoms with Crippen molar-refractivity contribution >= 4 is 15.7 Å². The van der Waals surface area contributed by atoms with Gasteiger partial charge in [0.25, 0.3) is 0 Å². The summed E-state index contributed by atoms with van der Waals surface area (Å²) in [5.74, 6) is -0.162. The van der Waals surface area contributed by atoms with Gasteiger partial charge in [0.1, 0.15) is 9.84 Å². The molecule has 1 fully saturated rings. The summed E-state index contributed by atoms with van der Waals surface area (Å²) in [7, 11) is -3.00. The van der Waals surface area contributed by atoms with E-state index in [1.165, 1.54) is 0 Å². The quantitative estimate of drug-likeness (QED) is 0.510. The molecule has 0 bridgehead atoms. The fraction of sp³-hybridized carbons (Fsp3) is 0.875. The number of amides is 1. The van der Waals surface area contributed by atoms with Crippen molar-refractivity contribution in [3.05, 3.63) is 0 Å². The van der Waals surface area contributed by atoms with Crippen molar-refractivity contribution in [1.82, 2.24) is 16.0 Å². The van der Waals surface area contributed by atoms with Crippen molar-refractivity contribution in [3.63, 3.8) is 0 Å². The van der Waals surface area contributed by atoms with Gasteiger partial charge in [-0.2, -0.15) is 0 Å². The summed E-state index contributed by atoms with van der Waals surface area (Å²) >= 11 is 0. The minimum Gasteiger partial charge on any atom is -0.354 e. The highest BCUT2D eigenvalue weighted by Gasteiger charge is 2.19. The van der Waals surface area contributed by atoms with Gasteiger partial charge in [0.2, 0.25) is 5.91 Å². The minimum atomic E-state index is -3.00. The van der Waals surface area contributed by atoms with E-state index >= 15 is 0 Å². The van der Waals surface area contributed by atoms with Gasteiger partial charge in [-0.1, -0.05) is 0 Å². The first kappa shape index (κ1) is 12.4. The van der Waals surface area contributed by atoms with Crippen molar-refractivity contribution in [2.75, 3.05) is 38.2 Å². The SMILES string of the molecule is CS(=O)(=O)CCNC(=O)C1CNCCN1. The van der Waals surface area contributed by atoms with E-state index < -0.39 is 9.84 Å². The molecule has 0 aromatic heterocycles. The van der Waals surface area contributed by atoms with Crippen LogP contribution in [0.1, 0.15) is 0 Å². The molecule has 1 amide bonds. The van der Waals surface area contributed by atoms with E-state index in [4.69, 9.17) is 0 Å². The molecule has 3 N–H and O–H groups in total. The Hall–Kier alpha value is -0.660. The molecule has 0 spiro atoms. The largest absolute Gasteiger partial charge is 0.354 e. The van der Waals surface area contributed by atoms with Gasteiger partial charge in [0.15, 0.2) is 0 Å². The van der Waals surface area contributed by atoms with Crippen LogP contribution < -0.4 is 16.0 Å². The molecule has 6 nitrogen and oxygen atoms in total. The van der Waals surface area contributed by atoms with Crippen molar-refractivity contribution < 1.29 is 13.2 Å². The number of hydrogen-bond acceptors (Lipinski definition) is 5. The number of carbonyl (C=O) groups is 1. The first-order valence-electron chi connectivity index (χ1n) is 4.88. The fourth-order valence-electron chi connectivity index (χ4n) is 1.32. The Labute approximate surface area is 89.7 Å². The Bertz CT molecular complexity index is 309. The molecule has 1 unspecified atom stereocenters. The Morgan fingerprint density at radius 3 is 2.73 bits per heavy atom. The van der Waals surface area contributed by atoms with Crippen LogP contribution in [-0.4, -0.2) is 58.6 Å². The van der Waals surface area contributed by atoms with Crippen LogP contribution in [0.4, 0.5) is 0 Å². The highest BCUT2D eigenvalue weighted by atomic mass is 32.2. The average Bonchev–Trinajstić information content (AvgIpc) is 2.17. The van der Waals surface area contributed by atoms with Crippen molar-refractivity contribution in [2.45, 2.75) is 6.04 Å². The number of nitrogens with one attached hydrogen (secondary N) is 3. The van der Waals surface area contributed by atoms with Gasteiger partial charge >= 0.3 is 0 Å². The zero-order valence-electron chi connectivity index (χ0n) is 8.75. The molecule has 0 saturated carbocycles. The molecular formula is C8H17N3O3S. The summed E-state index contributed by atoms with van der Waals surface area (Å²) in [5, 5.41) is 8.71. The van der Waals surface area contributed by atoms with E-state index in [2.05, 4.69) is 16.0 Å². The smallest absolute Gasteiger partial charge is 0.238 e. The van der Waals surface area contributed by atoms with Crippen LogP contribution in [0.5, 0.6) is 0 Å². The molecule has 1 rings (SSSR count). The van der Waals surface area contributed by atoms with E-state index in [1.54, 1.807) is 0 Å². The zero-order chi connectivity index (χ0) is 11.3. The van der Waals surface area contributed by atoms with Gasteiger partial charge in [0, 0.05) is 32.4 Å². The Morgan fingerprint density at radius 1 is 1.47 bits per heavy atom. The molecular weight excluding hydrogens is 218 g/mol. The molecule has 88 valence electrons. The number of piperazine rings is 1. The molecule has 0 aromatic carbocycles. The molecule has 0 aliphatic carbocycles. The first-order chi connectivity index (χ1) is 6.99. The normalized spacial score (nSPS) is 22.3. The fourth-order valence-corrected chi connectivity index (χ4v) is 1.79. The highest BCUT2D eigenvalue weighted by molar-refractivity contribution is 7.90. The van der Waals surface area contributed by atoms with Crippen molar-refractivity contribution in [1.29, 1.82) is 0 Å². The maximum absolute atomic E-state index is 11.5. The third kappa shape index (κ3) is 5.10. The van der Waals surface area contributed by atoms with Crippen molar-refractivity contribution in [2.24, 2.45) is 0 Å².